The van der Waals surface area contributed by atoms with Gasteiger partial charge < -0.3 is 4.90 Å². The quantitative estimate of drug-likeness (QED) is 0.795. The van der Waals surface area contributed by atoms with Crippen LogP contribution in [-0.2, 0) is 0 Å². The fourth-order valence-corrected chi connectivity index (χ4v) is 4.38. The van der Waals surface area contributed by atoms with Crippen LogP contribution in [0.5, 0.6) is 0 Å². The Morgan fingerprint density at radius 1 is 1.00 bits per heavy atom. The Bertz CT molecular complexity index is 506. The lowest BCUT2D eigenvalue weighted by Gasteiger charge is -2.41. The van der Waals surface area contributed by atoms with Crippen molar-refractivity contribution in [3.05, 3.63) is 29.8 Å². The van der Waals surface area contributed by atoms with Crippen molar-refractivity contribution < 1.29 is 0 Å². The topological polar surface area (TPSA) is 30.3 Å². The highest BCUT2D eigenvalue weighted by Crippen LogP contribution is 2.29. The summed E-state index contributed by atoms with van der Waals surface area (Å²) in [5.74, 6) is 0.920. The van der Waals surface area contributed by atoms with Crippen LogP contribution in [0.4, 0.5) is 0 Å². The van der Waals surface area contributed by atoms with Gasteiger partial charge in [0.25, 0.3) is 0 Å². The second-order valence-corrected chi connectivity index (χ2v) is 7.78. The lowest BCUT2D eigenvalue weighted by atomic mass is 9.95. The Hall–Kier alpha value is -1.02. The standard InChI is InChI=1S/C18H25N3S/c1-15-6-10-20(11-7-15)17-8-12-21(13-9-17)22-18-4-2-16(14-19)3-5-18/h2-5,15,17H,6-13H2,1H3. The molecule has 1 aromatic rings. The molecule has 2 aliphatic rings. The fourth-order valence-electron chi connectivity index (χ4n) is 3.43. The molecule has 0 radical (unpaired) electrons. The van der Waals surface area contributed by atoms with Gasteiger partial charge in [-0.3, -0.25) is 0 Å². The van der Waals surface area contributed by atoms with E-state index in [2.05, 4.69) is 34.3 Å². The van der Waals surface area contributed by atoms with E-state index >= 15 is 0 Å². The molecule has 0 bridgehead atoms. The molecule has 22 heavy (non-hydrogen) atoms. The van der Waals surface area contributed by atoms with Crippen LogP contribution in [0.1, 0.15) is 38.2 Å². The van der Waals surface area contributed by atoms with E-state index in [1.165, 1.54) is 56.8 Å². The van der Waals surface area contributed by atoms with Gasteiger partial charge in [0.1, 0.15) is 0 Å². The maximum Gasteiger partial charge on any atom is 0.0991 e. The van der Waals surface area contributed by atoms with Gasteiger partial charge in [-0.1, -0.05) is 6.92 Å². The maximum absolute atomic E-state index is 8.85. The zero-order valence-electron chi connectivity index (χ0n) is 13.4. The monoisotopic (exact) mass is 315 g/mol. The number of nitrogens with zero attached hydrogens (tertiary/aromatic N) is 3. The van der Waals surface area contributed by atoms with Crippen LogP contribution in [0.2, 0.25) is 0 Å². The molecule has 0 spiro atoms. The van der Waals surface area contributed by atoms with E-state index in [9.17, 15) is 0 Å². The minimum absolute atomic E-state index is 0.738. The Labute approximate surface area is 138 Å². The summed E-state index contributed by atoms with van der Waals surface area (Å²) in [4.78, 5) is 3.97. The number of hydrogen-bond donors (Lipinski definition) is 0. The summed E-state index contributed by atoms with van der Waals surface area (Å²) in [5.41, 5.74) is 0.738. The van der Waals surface area contributed by atoms with Crippen molar-refractivity contribution >= 4 is 11.9 Å². The molecular weight excluding hydrogens is 290 g/mol. The van der Waals surface area contributed by atoms with Crippen LogP contribution in [0.15, 0.2) is 29.2 Å². The SMILES string of the molecule is CC1CCN(C2CCN(Sc3ccc(C#N)cc3)CC2)CC1. The zero-order valence-corrected chi connectivity index (χ0v) is 14.2. The molecule has 0 unspecified atom stereocenters. The molecule has 2 fully saturated rings. The normalized spacial score (nSPS) is 22.5. The molecule has 0 amide bonds. The summed E-state index contributed by atoms with van der Waals surface area (Å²) < 4.78 is 2.48. The van der Waals surface area contributed by atoms with Crippen molar-refractivity contribution in [2.24, 2.45) is 5.92 Å². The molecule has 1 aromatic carbocycles. The first-order valence-electron chi connectivity index (χ1n) is 8.42. The molecule has 2 aliphatic heterocycles. The van der Waals surface area contributed by atoms with Gasteiger partial charge in [0.05, 0.1) is 11.6 Å². The molecule has 2 heterocycles. The number of rotatable bonds is 3. The van der Waals surface area contributed by atoms with Crippen molar-refractivity contribution in [1.29, 1.82) is 5.26 Å². The summed E-state index contributed by atoms with van der Waals surface area (Å²) in [6.45, 7) is 7.32. The second kappa shape index (κ2) is 7.50. The van der Waals surface area contributed by atoms with Crippen molar-refractivity contribution in [1.82, 2.24) is 9.21 Å². The Balaban J connectivity index is 1.46. The van der Waals surface area contributed by atoms with E-state index in [0.717, 1.165) is 17.5 Å². The van der Waals surface area contributed by atoms with E-state index in [4.69, 9.17) is 5.26 Å². The van der Waals surface area contributed by atoms with E-state index in [-0.39, 0.29) is 0 Å². The van der Waals surface area contributed by atoms with Gasteiger partial charge in [0.2, 0.25) is 0 Å². The third-order valence-electron chi connectivity index (χ3n) is 4.98. The average Bonchev–Trinajstić information content (AvgIpc) is 2.57. The van der Waals surface area contributed by atoms with Crippen molar-refractivity contribution in [3.63, 3.8) is 0 Å². The van der Waals surface area contributed by atoms with E-state index in [0.29, 0.717) is 0 Å². The minimum Gasteiger partial charge on any atom is -0.300 e. The first kappa shape index (κ1) is 15.9. The zero-order chi connectivity index (χ0) is 15.4. The number of likely N-dealkylation sites (tertiary alicyclic amines) is 1. The lowest BCUT2D eigenvalue weighted by molar-refractivity contribution is 0.103. The van der Waals surface area contributed by atoms with Gasteiger partial charge in [-0.2, -0.15) is 5.26 Å². The first-order chi connectivity index (χ1) is 10.7. The molecule has 0 aliphatic carbocycles. The van der Waals surface area contributed by atoms with E-state index < -0.39 is 0 Å². The van der Waals surface area contributed by atoms with Gasteiger partial charge in [-0.15, -0.1) is 0 Å². The van der Waals surface area contributed by atoms with Gasteiger partial charge >= 0.3 is 0 Å². The Morgan fingerprint density at radius 3 is 2.23 bits per heavy atom. The lowest BCUT2D eigenvalue weighted by Crippen LogP contribution is -2.46. The molecular formula is C18H25N3S. The number of benzene rings is 1. The van der Waals surface area contributed by atoms with Crippen molar-refractivity contribution in [3.8, 4) is 6.07 Å². The van der Waals surface area contributed by atoms with Gasteiger partial charge in [-0.05, 0) is 80.9 Å². The molecule has 3 rings (SSSR count). The molecule has 3 nitrogen and oxygen atoms in total. The van der Waals surface area contributed by atoms with E-state index in [1.54, 1.807) is 0 Å². The van der Waals surface area contributed by atoms with Gasteiger partial charge in [-0.25, -0.2) is 4.31 Å². The third kappa shape index (κ3) is 4.04. The van der Waals surface area contributed by atoms with Gasteiger partial charge in [0.15, 0.2) is 0 Å². The summed E-state index contributed by atoms with van der Waals surface area (Å²) in [6.07, 6.45) is 5.33. The predicted octanol–water partition coefficient (Wildman–Crippen LogP) is 3.76. The van der Waals surface area contributed by atoms with Crippen molar-refractivity contribution in [2.75, 3.05) is 26.2 Å². The van der Waals surface area contributed by atoms with Crippen LogP contribution >= 0.6 is 11.9 Å². The van der Waals surface area contributed by atoms with Crippen LogP contribution in [0.25, 0.3) is 0 Å². The predicted molar refractivity (Wildman–Crippen MR) is 91.6 cm³/mol. The molecule has 2 saturated heterocycles. The van der Waals surface area contributed by atoms with Crippen LogP contribution in [0, 0.1) is 17.2 Å². The molecule has 4 heteroatoms. The summed E-state index contributed by atoms with van der Waals surface area (Å²) in [5, 5.41) is 8.85. The van der Waals surface area contributed by atoms with E-state index in [1.807, 2.05) is 24.1 Å². The van der Waals surface area contributed by atoms with Crippen LogP contribution in [-0.4, -0.2) is 41.4 Å². The fraction of sp³-hybridized carbons (Fsp3) is 0.611. The summed E-state index contributed by atoms with van der Waals surface area (Å²) >= 11 is 1.84. The maximum atomic E-state index is 8.85. The highest BCUT2D eigenvalue weighted by atomic mass is 32.2. The summed E-state index contributed by atoms with van der Waals surface area (Å²) in [6, 6.07) is 10.9. The highest BCUT2D eigenvalue weighted by Gasteiger charge is 2.27. The molecule has 0 aromatic heterocycles. The number of piperidine rings is 2. The Morgan fingerprint density at radius 2 is 1.64 bits per heavy atom. The third-order valence-corrected chi connectivity index (χ3v) is 6.08. The molecule has 0 saturated carbocycles. The largest absolute Gasteiger partial charge is 0.300 e. The molecule has 118 valence electrons. The Kier molecular flexibility index (Phi) is 5.41. The number of nitriles is 1. The highest BCUT2D eigenvalue weighted by molar-refractivity contribution is 7.97. The first-order valence-corrected chi connectivity index (χ1v) is 9.19. The number of hydrogen-bond acceptors (Lipinski definition) is 4. The summed E-state index contributed by atoms with van der Waals surface area (Å²) in [7, 11) is 0. The van der Waals surface area contributed by atoms with Crippen molar-refractivity contribution in [2.45, 2.75) is 43.5 Å². The van der Waals surface area contributed by atoms with Gasteiger partial charge in [0, 0.05) is 24.0 Å². The molecule has 0 atom stereocenters. The van der Waals surface area contributed by atoms with Crippen LogP contribution < -0.4 is 0 Å². The molecule has 0 N–H and O–H groups in total. The smallest absolute Gasteiger partial charge is 0.0991 e. The second-order valence-electron chi connectivity index (χ2n) is 6.61. The van der Waals surface area contributed by atoms with Crippen LogP contribution in [0.3, 0.4) is 0 Å². The average molecular weight is 315 g/mol. The minimum atomic E-state index is 0.738.